The van der Waals surface area contributed by atoms with Gasteiger partial charge in [-0.15, -0.1) is 0 Å². The molecule has 0 heterocycles. The average Bonchev–Trinajstić information content (AvgIpc) is 2.58. The number of carbonyl (C=O) groups is 1. The zero-order valence-corrected chi connectivity index (χ0v) is 8.05. The van der Waals surface area contributed by atoms with Gasteiger partial charge < -0.3 is 0 Å². The van der Waals surface area contributed by atoms with E-state index in [1.54, 1.807) is 0 Å². The largest absolute Gasteiger partial charge is 0.299 e. The lowest BCUT2D eigenvalue weighted by Crippen LogP contribution is -2.19. The van der Waals surface area contributed by atoms with Crippen molar-refractivity contribution in [2.45, 2.75) is 33.6 Å². The summed E-state index contributed by atoms with van der Waals surface area (Å²) in [5, 5.41) is 0. The Bertz CT molecular complexity index is 262. The Morgan fingerprint density at radius 2 is 2.08 bits per heavy atom. The zero-order valence-electron chi connectivity index (χ0n) is 8.05. The normalized spacial score (nSPS) is 43.6. The Labute approximate surface area is 73.8 Å². The zero-order chi connectivity index (χ0) is 8.98. The van der Waals surface area contributed by atoms with Gasteiger partial charge in [0.25, 0.3) is 0 Å². The fourth-order valence-corrected chi connectivity index (χ4v) is 2.05. The molecule has 0 aromatic heterocycles. The molecule has 0 aliphatic heterocycles. The van der Waals surface area contributed by atoms with Crippen molar-refractivity contribution in [3.63, 3.8) is 0 Å². The minimum Gasteiger partial charge on any atom is -0.299 e. The highest BCUT2D eigenvalue weighted by Crippen LogP contribution is 2.57. The molecule has 2 aliphatic rings. The molecule has 2 aliphatic carbocycles. The van der Waals surface area contributed by atoms with Gasteiger partial charge in [0.2, 0.25) is 0 Å². The van der Waals surface area contributed by atoms with Crippen molar-refractivity contribution in [1.82, 2.24) is 0 Å². The van der Waals surface area contributed by atoms with Crippen LogP contribution in [0, 0.1) is 16.7 Å². The van der Waals surface area contributed by atoms with Gasteiger partial charge in [-0.25, -0.2) is 0 Å². The predicted molar refractivity (Wildman–Crippen MR) is 48.8 cm³/mol. The van der Waals surface area contributed by atoms with Crippen molar-refractivity contribution in [2.24, 2.45) is 16.7 Å². The summed E-state index contributed by atoms with van der Waals surface area (Å²) < 4.78 is 0. The van der Waals surface area contributed by atoms with Crippen LogP contribution in [0.4, 0.5) is 0 Å². The molecule has 0 radical (unpaired) electrons. The van der Waals surface area contributed by atoms with Crippen molar-refractivity contribution in [3.05, 3.63) is 12.2 Å². The first kappa shape index (κ1) is 8.03. The molecule has 1 saturated carbocycles. The predicted octanol–water partition coefficient (Wildman–Crippen LogP) is 2.57. The lowest BCUT2D eigenvalue weighted by Gasteiger charge is -2.19. The van der Waals surface area contributed by atoms with Crippen LogP contribution in [-0.4, -0.2) is 5.78 Å². The van der Waals surface area contributed by atoms with Gasteiger partial charge in [0.15, 0.2) is 0 Å². The van der Waals surface area contributed by atoms with Gasteiger partial charge in [-0.3, -0.25) is 4.79 Å². The van der Waals surface area contributed by atoms with E-state index in [4.69, 9.17) is 0 Å². The van der Waals surface area contributed by atoms with Gasteiger partial charge in [-0.2, -0.15) is 0 Å². The highest BCUT2D eigenvalue weighted by Gasteiger charge is 2.55. The smallest absolute Gasteiger partial charge is 0.140 e. The third kappa shape index (κ3) is 1.03. The minimum absolute atomic E-state index is 0.0181. The number of rotatable bonds is 0. The van der Waals surface area contributed by atoms with E-state index in [9.17, 15) is 4.79 Å². The number of ketones is 1. The van der Waals surface area contributed by atoms with E-state index in [1.807, 2.05) is 0 Å². The molecule has 2 atom stereocenters. The van der Waals surface area contributed by atoms with Crippen molar-refractivity contribution in [2.75, 3.05) is 0 Å². The quantitative estimate of drug-likeness (QED) is 0.503. The van der Waals surface area contributed by atoms with Crippen LogP contribution in [0.1, 0.15) is 33.6 Å². The molecule has 0 saturated heterocycles. The van der Waals surface area contributed by atoms with Gasteiger partial charge in [0.05, 0.1) is 0 Å². The molecular formula is C11H16O. The molecule has 1 heteroatoms. The van der Waals surface area contributed by atoms with Crippen LogP contribution in [0.2, 0.25) is 0 Å². The van der Waals surface area contributed by atoms with E-state index in [2.05, 4.69) is 32.9 Å². The Morgan fingerprint density at radius 3 is 2.75 bits per heavy atom. The molecule has 66 valence electrons. The molecular weight excluding hydrogens is 148 g/mol. The molecule has 0 amide bonds. The first-order chi connectivity index (χ1) is 5.44. The summed E-state index contributed by atoms with van der Waals surface area (Å²) in [5.74, 6) is 1.01. The third-order valence-corrected chi connectivity index (χ3v) is 3.34. The van der Waals surface area contributed by atoms with Gasteiger partial charge in [0.1, 0.15) is 5.78 Å². The van der Waals surface area contributed by atoms with Crippen molar-refractivity contribution in [3.8, 4) is 0 Å². The number of hydrogen-bond acceptors (Lipinski definition) is 1. The van der Waals surface area contributed by atoms with Crippen molar-refractivity contribution >= 4 is 5.78 Å². The summed E-state index contributed by atoms with van der Waals surface area (Å²) in [5.41, 5.74) is 0.109. The van der Waals surface area contributed by atoms with E-state index in [0.29, 0.717) is 11.7 Å². The maximum atomic E-state index is 11.8. The van der Waals surface area contributed by atoms with Crippen LogP contribution in [-0.2, 0) is 4.79 Å². The second-order valence-corrected chi connectivity index (χ2v) is 5.18. The lowest BCUT2D eigenvalue weighted by molar-refractivity contribution is -0.125. The van der Waals surface area contributed by atoms with Crippen LogP contribution in [0.15, 0.2) is 12.2 Å². The van der Waals surface area contributed by atoms with Gasteiger partial charge in [-0.1, -0.05) is 32.9 Å². The van der Waals surface area contributed by atoms with E-state index in [0.717, 1.165) is 12.8 Å². The topological polar surface area (TPSA) is 17.1 Å². The Hall–Kier alpha value is -0.590. The third-order valence-electron chi connectivity index (χ3n) is 3.34. The fraction of sp³-hybridized carbons (Fsp3) is 0.727. The molecule has 0 N–H and O–H groups in total. The summed E-state index contributed by atoms with van der Waals surface area (Å²) in [6.45, 7) is 6.37. The van der Waals surface area contributed by atoms with E-state index in [-0.39, 0.29) is 10.8 Å². The number of carbonyl (C=O) groups excluding carboxylic acids is 1. The highest BCUT2D eigenvalue weighted by molar-refractivity contribution is 5.89. The lowest BCUT2D eigenvalue weighted by atomic mass is 9.84. The Balaban J connectivity index is 2.29. The van der Waals surface area contributed by atoms with Gasteiger partial charge in [0, 0.05) is 11.8 Å². The molecule has 1 nitrogen and oxygen atoms in total. The van der Waals surface area contributed by atoms with E-state index < -0.39 is 0 Å². The number of Topliss-reactive ketones (excluding diaryl/α,β-unsaturated/α-hetero) is 1. The summed E-state index contributed by atoms with van der Waals surface area (Å²) in [7, 11) is 0. The van der Waals surface area contributed by atoms with Crippen LogP contribution >= 0.6 is 0 Å². The first-order valence-corrected chi connectivity index (χ1v) is 4.67. The maximum Gasteiger partial charge on any atom is 0.140 e. The van der Waals surface area contributed by atoms with Gasteiger partial charge in [-0.05, 0) is 17.8 Å². The summed E-state index contributed by atoms with van der Waals surface area (Å²) in [6.07, 6.45) is 6.26. The maximum absolute atomic E-state index is 11.8. The average molecular weight is 164 g/mol. The number of fused-ring (bicyclic) bond motifs is 1. The molecule has 0 unspecified atom stereocenters. The van der Waals surface area contributed by atoms with Crippen LogP contribution in [0.5, 0.6) is 0 Å². The first-order valence-electron chi connectivity index (χ1n) is 4.67. The molecule has 0 spiro atoms. The molecule has 1 fully saturated rings. The SMILES string of the molecule is CC1(C)C=C[C@@H]2C[C@]2(C)C(=O)C1. The highest BCUT2D eigenvalue weighted by atomic mass is 16.1. The summed E-state index contributed by atoms with van der Waals surface area (Å²) in [4.78, 5) is 11.8. The second kappa shape index (κ2) is 2.01. The monoisotopic (exact) mass is 164 g/mol. The Kier molecular flexibility index (Phi) is 1.35. The van der Waals surface area contributed by atoms with E-state index in [1.165, 1.54) is 0 Å². The molecule has 2 rings (SSSR count). The molecule has 12 heavy (non-hydrogen) atoms. The van der Waals surface area contributed by atoms with Crippen LogP contribution in [0.25, 0.3) is 0 Å². The number of hydrogen-bond donors (Lipinski definition) is 0. The summed E-state index contributed by atoms with van der Waals surface area (Å²) >= 11 is 0. The van der Waals surface area contributed by atoms with Gasteiger partial charge >= 0.3 is 0 Å². The standard InChI is InChI=1S/C11H16O/c1-10(2)5-4-8-6-11(8,3)9(12)7-10/h4-5,8H,6-7H2,1-3H3/t8-,11+/m1/s1. The number of allylic oxidation sites excluding steroid dienone is 2. The Morgan fingerprint density at radius 1 is 1.42 bits per heavy atom. The molecule has 0 bridgehead atoms. The minimum atomic E-state index is 0.0181. The molecule has 0 aromatic rings. The summed E-state index contributed by atoms with van der Waals surface area (Å²) in [6, 6.07) is 0. The molecule has 0 aromatic carbocycles. The van der Waals surface area contributed by atoms with E-state index >= 15 is 0 Å². The van der Waals surface area contributed by atoms with Crippen LogP contribution < -0.4 is 0 Å². The van der Waals surface area contributed by atoms with Crippen molar-refractivity contribution in [1.29, 1.82) is 0 Å². The fourth-order valence-electron chi connectivity index (χ4n) is 2.05. The van der Waals surface area contributed by atoms with Crippen molar-refractivity contribution < 1.29 is 4.79 Å². The second-order valence-electron chi connectivity index (χ2n) is 5.18. The van der Waals surface area contributed by atoms with Crippen LogP contribution in [0.3, 0.4) is 0 Å².